The van der Waals surface area contributed by atoms with E-state index in [0.717, 1.165) is 19.4 Å². The second-order valence-electron chi connectivity index (χ2n) is 4.30. The summed E-state index contributed by atoms with van der Waals surface area (Å²) in [7, 11) is 1.46. The second kappa shape index (κ2) is 8.06. The van der Waals surface area contributed by atoms with Crippen LogP contribution >= 0.6 is 0 Å². The van der Waals surface area contributed by atoms with Crippen LogP contribution in [0, 0.1) is 5.82 Å². The van der Waals surface area contributed by atoms with E-state index in [2.05, 4.69) is 6.92 Å². The molecule has 0 bridgehead atoms. The van der Waals surface area contributed by atoms with Crippen molar-refractivity contribution in [1.29, 1.82) is 0 Å². The van der Waals surface area contributed by atoms with Crippen LogP contribution in [0.25, 0.3) is 0 Å². The number of rotatable bonds is 8. The van der Waals surface area contributed by atoms with Crippen LogP contribution < -0.4 is 10.5 Å². The predicted octanol–water partition coefficient (Wildman–Crippen LogP) is 2.52. The minimum absolute atomic E-state index is 0.0940. The minimum Gasteiger partial charge on any atom is -0.494 e. The van der Waals surface area contributed by atoms with Crippen molar-refractivity contribution < 1.29 is 13.9 Å². The summed E-state index contributed by atoms with van der Waals surface area (Å²) < 4.78 is 24.2. The van der Waals surface area contributed by atoms with Gasteiger partial charge in [0.2, 0.25) is 0 Å². The fourth-order valence-corrected chi connectivity index (χ4v) is 1.74. The molecule has 0 saturated heterocycles. The molecule has 0 aliphatic rings. The van der Waals surface area contributed by atoms with Crippen LogP contribution in [0.4, 0.5) is 4.39 Å². The highest BCUT2D eigenvalue weighted by molar-refractivity contribution is 5.31. The van der Waals surface area contributed by atoms with Crippen LogP contribution in [-0.4, -0.2) is 26.4 Å². The molecule has 2 N–H and O–H groups in total. The zero-order valence-electron chi connectivity index (χ0n) is 11.1. The molecule has 1 atom stereocenters. The molecule has 4 heteroatoms. The lowest BCUT2D eigenvalue weighted by Crippen LogP contribution is -2.25. The number of benzene rings is 1. The SMILES string of the molecule is CCCOCCC(N)Cc1cccc(OC)c1F. The van der Waals surface area contributed by atoms with Crippen LogP contribution in [0.1, 0.15) is 25.3 Å². The molecule has 0 aliphatic heterocycles. The molecule has 0 fully saturated rings. The predicted molar refractivity (Wildman–Crippen MR) is 70.4 cm³/mol. The van der Waals surface area contributed by atoms with Gasteiger partial charge in [0.25, 0.3) is 0 Å². The van der Waals surface area contributed by atoms with E-state index in [4.69, 9.17) is 15.2 Å². The zero-order valence-corrected chi connectivity index (χ0v) is 11.1. The topological polar surface area (TPSA) is 44.5 Å². The Morgan fingerprint density at radius 3 is 2.78 bits per heavy atom. The average Bonchev–Trinajstić information content (AvgIpc) is 2.37. The standard InChI is InChI=1S/C14H22FNO2/c1-3-8-18-9-7-12(16)10-11-5-4-6-13(17-2)14(11)15/h4-6,12H,3,7-10,16H2,1-2H3. The van der Waals surface area contributed by atoms with Crippen LogP contribution in [0.3, 0.4) is 0 Å². The summed E-state index contributed by atoms with van der Waals surface area (Å²) in [6, 6.07) is 5.03. The fourth-order valence-electron chi connectivity index (χ4n) is 1.74. The minimum atomic E-state index is -0.315. The van der Waals surface area contributed by atoms with E-state index in [1.165, 1.54) is 7.11 Å². The van der Waals surface area contributed by atoms with Crippen molar-refractivity contribution in [2.75, 3.05) is 20.3 Å². The van der Waals surface area contributed by atoms with E-state index in [0.29, 0.717) is 18.6 Å². The molecule has 18 heavy (non-hydrogen) atoms. The third-order valence-electron chi connectivity index (χ3n) is 2.73. The number of hydrogen-bond donors (Lipinski definition) is 1. The van der Waals surface area contributed by atoms with Crippen LogP contribution in [-0.2, 0) is 11.2 Å². The first-order chi connectivity index (χ1) is 8.69. The van der Waals surface area contributed by atoms with Crippen LogP contribution in [0.5, 0.6) is 5.75 Å². The van der Waals surface area contributed by atoms with Gasteiger partial charge in [-0.2, -0.15) is 0 Å². The third kappa shape index (κ3) is 4.63. The summed E-state index contributed by atoms with van der Waals surface area (Å²) in [5, 5.41) is 0. The highest BCUT2D eigenvalue weighted by Crippen LogP contribution is 2.21. The molecule has 1 aromatic carbocycles. The van der Waals surface area contributed by atoms with Gasteiger partial charge in [0.1, 0.15) is 0 Å². The Morgan fingerprint density at radius 2 is 2.11 bits per heavy atom. The highest BCUT2D eigenvalue weighted by Gasteiger charge is 2.11. The van der Waals surface area contributed by atoms with E-state index < -0.39 is 0 Å². The Morgan fingerprint density at radius 1 is 1.33 bits per heavy atom. The summed E-state index contributed by atoms with van der Waals surface area (Å²) in [4.78, 5) is 0. The van der Waals surface area contributed by atoms with Crippen LogP contribution in [0.15, 0.2) is 18.2 Å². The van der Waals surface area contributed by atoms with Crippen molar-refractivity contribution in [2.45, 2.75) is 32.2 Å². The lowest BCUT2D eigenvalue weighted by atomic mass is 10.0. The fraction of sp³-hybridized carbons (Fsp3) is 0.571. The number of methoxy groups -OCH3 is 1. The van der Waals surface area contributed by atoms with Crippen molar-refractivity contribution in [3.8, 4) is 5.75 Å². The maximum Gasteiger partial charge on any atom is 0.168 e. The Hall–Kier alpha value is -1.13. The van der Waals surface area contributed by atoms with E-state index in [1.54, 1.807) is 18.2 Å². The quantitative estimate of drug-likeness (QED) is 0.726. The molecule has 3 nitrogen and oxygen atoms in total. The summed E-state index contributed by atoms with van der Waals surface area (Å²) in [6.07, 6.45) is 2.23. The van der Waals surface area contributed by atoms with E-state index in [-0.39, 0.29) is 17.6 Å². The first-order valence-corrected chi connectivity index (χ1v) is 6.33. The van der Waals surface area contributed by atoms with Gasteiger partial charge in [-0.05, 0) is 30.9 Å². The van der Waals surface area contributed by atoms with Gasteiger partial charge >= 0.3 is 0 Å². The summed E-state index contributed by atoms with van der Waals surface area (Å²) in [6.45, 7) is 3.44. The van der Waals surface area contributed by atoms with Gasteiger partial charge in [0.05, 0.1) is 7.11 Å². The van der Waals surface area contributed by atoms with Crippen molar-refractivity contribution >= 4 is 0 Å². The number of hydrogen-bond acceptors (Lipinski definition) is 3. The zero-order chi connectivity index (χ0) is 13.4. The van der Waals surface area contributed by atoms with E-state index >= 15 is 0 Å². The molecule has 0 spiro atoms. The van der Waals surface area contributed by atoms with Gasteiger partial charge < -0.3 is 15.2 Å². The highest BCUT2D eigenvalue weighted by atomic mass is 19.1. The third-order valence-corrected chi connectivity index (χ3v) is 2.73. The van der Waals surface area contributed by atoms with Crippen molar-refractivity contribution in [3.05, 3.63) is 29.6 Å². The molecule has 1 unspecified atom stereocenters. The first kappa shape index (κ1) is 14.9. The second-order valence-corrected chi connectivity index (χ2v) is 4.30. The van der Waals surface area contributed by atoms with Crippen LogP contribution in [0.2, 0.25) is 0 Å². The van der Waals surface area contributed by atoms with Crippen molar-refractivity contribution in [1.82, 2.24) is 0 Å². The van der Waals surface area contributed by atoms with Crippen molar-refractivity contribution in [3.63, 3.8) is 0 Å². The molecule has 0 aliphatic carbocycles. The van der Waals surface area contributed by atoms with Gasteiger partial charge in [-0.25, -0.2) is 4.39 Å². The average molecular weight is 255 g/mol. The molecule has 1 aromatic rings. The molecule has 0 amide bonds. The Balaban J connectivity index is 2.46. The maximum absolute atomic E-state index is 13.9. The molecular weight excluding hydrogens is 233 g/mol. The van der Waals surface area contributed by atoms with Gasteiger partial charge in [-0.3, -0.25) is 0 Å². The van der Waals surface area contributed by atoms with E-state index in [1.807, 2.05) is 0 Å². The van der Waals surface area contributed by atoms with Gasteiger partial charge in [-0.15, -0.1) is 0 Å². The summed E-state index contributed by atoms with van der Waals surface area (Å²) in [5.41, 5.74) is 6.56. The molecule has 0 aromatic heterocycles. The Kier molecular flexibility index (Phi) is 6.68. The molecule has 0 heterocycles. The Labute approximate surface area is 108 Å². The van der Waals surface area contributed by atoms with E-state index in [9.17, 15) is 4.39 Å². The van der Waals surface area contributed by atoms with Gasteiger partial charge in [0.15, 0.2) is 11.6 Å². The van der Waals surface area contributed by atoms with Crippen molar-refractivity contribution in [2.24, 2.45) is 5.73 Å². The molecule has 0 saturated carbocycles. The normalized spacial score (nSPS) is 12.4. The largest absolute Gasteiger partial charge is 0.494 e. The summed E-state index contributed by atoms with van der Waals surface area (Å²) in [5.74, 6) is -0.0492. The first-order valence-electron chi connectivity index (χ1n) is 6.33. The number of halogens is 1. The lowest BCUT2D eigenvalue weighted by Gasteiger charge is -2.13. The number of ether oxygens (including phenoxy) is 2. The maximum atomic E-state index is 13.9. The molecule has 102 valence electrons. The Bertz CT molecular complexity index is 358. The number of nitrogens with two attached hydrogens (primary N) is 1. The van der Waals surface area contributed by atoms with Gasteiger partial charge in [-0.1, -0.05) is 19.1 Å². The summed E-state index contributed by atoms with van der Waals surface area (Å²) >= 11 is 0. The van der Waals surface area contributed by atoms with Gasteiger partial charge in [0, 0.05) is 19.3 Å². The lowest BCUT2D eigenvalue weighted by molar-refractivity contribution is 0.127. The monoisotopic (exact) mass is 255 g/mol. The smallest absolute Gasteiger partial charge is 0.168 e. The molecule has 1 rings (SSSR count). The molecular formula is C14H22FNO2. The molecule has 0 radical (unpaired) electrons.